The van der Waals surface area contributed by atoms with Gasteiger partial charge in [-0.25, -0.2) is 4.98 Å². The number of thioether (sulfide) groups is 1. The molecule has 3 nitrogen and oxygen atoms in total. The van der Waals surface area contributed by atoms with E-state index in [0.29, 0.717) is 4.75 Å². The Morgan fingerprint density at radius 3 is 2.88 bits per heavy atom. The fourth-order valence-electron chi connectivity index (χ4n) is 1.61. The zero-order chi connectivity index (χ0) is 12.3. The van der Waals surface area contributed by atoms with E-state index in [1.54, 1.807) is 0 Å². The van der Waals surface area contributed by atoms with Crippen LogP contribution in [-0.4, -0.2) is 26.1 Å². The molecule has 0 saturated heterocycles. The Hall–Kier alpha value is -0.480. The highest BCUT2D eigenvalue weighted by molar-refractivity contribution is 8.00. The molecule has 1 N–H and O–H groups in total. The molecule has 2 rings (SSSR count). The molecule has 1 saturated carbocycles. The van der Waals surface area contributed by atoms with E-state index in [1.165, 1.54) is 12.8 Å². The van der Waals surface area contributed by atoms with Crippen LogP contribution in [0, 0.1) is 0 Å². The average molecular weight is 253 g/mol. The van der Waals surface area contributed by atoms with Gasteiger partial charge in [0.2, 0.25) is 0 Å². The van der Waals surface area contributed by atoms with E-state index >= 15 is 0 Å². The molecular weight excluding hydrogens is 230 g/mol. The minimum atomic E-state index is 0.358. The van der Waals surface area contributed by atoms with Crippen LogP contribution in [0.3, 0.4) is 0 Å². The number of nitrogens with one attached hydrogen (secondary N) is 1. The molecule has 0 bridgehead atoms. The van der Waals surface area contributed by atoms with Crippen molar-refractivity contribution in [3.8, 4) is 0 Å². The lowest BCUT2D eigenvalue weighted by Crippen LogP contribution is -2.15. The van der Waals surface area contributed by atoms with Crippen LogP contribution in [0.2, 0.25) is 0 Å². The van der Waals surface area contributed by atoms with Crippen molar-refractivity contribution in [3.05, 3.63) is 18.2 Å². The minimum absolute atomic E-state index is 0.358. The monoisotopic (exact) mass is 253 g/mol. The molecule has 17 heavy (non-hydrogen) atoms. The standard InChI is InChI=1S/C13H23N3S/c1-13(2,3)17-7-6-16-9-12(15-10-16)8-14-11-4-5-11/h9-11,14H,4-8H2,1-3H3. The summed E-state index contributed by atoms with van der Waals surface area (Å²) in [4.78, 5) is 4.42. The third-order valence-corrected chi connectivity index (χ3v) is 3.97. The van der Waals surface area contributed by atoms with Gasteiger partial charge in [-0.15, -0.1) is 0 Å². The van der Waals surface area contributed by atoms with E-state index in [2.05, 4.69) is 41.8 Å². The van der Waals surface area contributed by atoms with Gasteiger partial charge in [0.15, 0.2) is 0 Å². The first-order valence-electron chi connectivity index (χ1n) is 6.41. The van der Waals surface area contributed by atoms with Crippen molar-refractivity contribution in [2.24, 2.45) is 0 Å². The number of rotatable bonds is 6. The van der Waals surface area contributed by atoms with Gasteiger partial charge in [-0.05, 0) is 12.8 Å². The maximum absolute atomic E-state index is 4.42. The van der Waals surface area contributed by atoms with Crippen molar-refractivity contribution < 1.29 is 0 Å². The molecule has 1 aromatic heterocycles. The van der Waals surface area contributed by atoms with Gasteiger partial charge in [-0.2, -0.15) is 11.8 Å². The van der Waals surface area contributed by atoms with Crippen LogP contribution in [0.25, 0.3) is 0 Å². The maximum Gasteiger partial charge on any atom is 0.0950 e. The molecule has 1 aliphatic rings. The molecular formula is C13H23N3S. The lowest BCUT2D eigenvalue weighted by Gasteiger charge is -2.17. The Kier molecular flexibility index (Phi) is 4.15. The van der Waals surface area contributed by atoms with E-state index in [9.17, 15) is 0 Å². The van der Waals surface area contributed by atoms with Crippen molar-refractivity contribution >= 4 is 11.8 Å². The summed E-state index contributed by atoms with van der Waals surface area (Å²) in [6.07, 6.45) is 6.79. The summed E-state index contributed by atoms with van der Waals surface area (Å²) >= 11 is 2.00. The second-order valence-electron chi connectivity index (χ2n) is 5.72. The van der Waals surface area contributed by atoms with Crippen LogP contribution in [0.4, 0.5) is 0 Å². The zero-order valence-electron chi connectivity index (χ0n) is 11.1. The highest BCUT2D eigenvalue weighted by Gasteiger charge is 2.20. The van der Waals surface area contributed by atoms with Crippen molar-refractivity contribution in [3.63, 3.8) is 0 Å². The van der Waals surface area contributed by atoms with Crippen LogP contribution < -0.4 is 5.32 Å². The topological polar surface area (TPSA) is 29.9 Å². The molecule has 0 spiro atoms. The predicted molar refractivity (Wildman–Crippen MR) is 74.3 cm³/mol. The number of aromatic nitrogens is 2. The van der Waals surface area contributed by atoms with Crippen molar-refractivity contribution in [1.82, 2.24) is 14.9 Å². The summed E-state index contributed by atoms with van der Waals surface area (Å²) < 4.78 is 2.56. The van der Waals surface area contributed by atoms with Crippen molar-refractivity contribution in [2.45, 2.75) is 57.5 Å². The van der Waals surface area contributed by atoms with Gasteiger partial charge in [0, 0.05) is 35.8 Å². The molecule has 0 unspecified atom stereocenters. The van der Waals surface area contributed by atoms with E-state index in [0.717, 1.165) is 30.6 Å². The molecule has 1 heterocycles. The molecule has 1 aliphatic carbocycles. The summed E-state index contributed by atoms with van der Waals surface area (Å²) in [6, 6.07) is 0.761. The predicted octanol–water partition coefficient (Wildman–Crippen LogP) is 2.67. The summed E-state index contributed by atoms with van der Waals surface area (Å²) in [5.74, 6) is 1.15. The molecule has 1 fully saturated rings. The SMILES string of the molecule is CC(C)(C)SCCn1cnc(CNC2CC2)c1. The fraction of sp³-hybridized carbons (Fsp3) is 0.769. The Balaban J connectivity index is 1.69. The molecule has 0 radical (unpaired) electrons. The number of imidazole rings is 1. The maximum atomic E-state index is 4.42. The summed E-state index contributed by atoms with van der Waals surface area (Å²) in [5, 5.41) is 3.49. The molecule has 0 amide bonds. The molecule has 96 valence electrons. The van der Waals surface area contributed by atoms with Gasteiger partial charge in [0.1, 0.15) is 0 Å². The lowest BCUT2D eigenvalue weighted by atomic mass is 10.3. The first-order chi connectivity index (χ1) is 8.03. The largest absolute Gasteiger partial charge is 0.336 e. The second kappa shape index (κ2) is 5.44. The van der Waals surface area contributed by atoms with E-state index in [4.69, 9.17) is 0 Å². The average Bonchev–Trinajstić information content (AvgIpc) is 2.95. The molecule has 1 aromatic rings. The highest BCUT2D eigenvalue weighted by atomic mass is 32.2. The Morgan fingerprint density at radius 2 is 2.24 bits per heavy atom. The van der Waals surface area contributed by atoms with Gasteiger partial charge >= 0.3 is 0 Å². The Bertz CT molecular complexity index is 350. The summed E-state index contributed by atoms with van der Waals surface area (Å²) in [5.41, 5.74) is 1.16. The third-order valence-electron chi connectivity index (χ3n) is 2.72. The number of hydrogen-bond acceptors (Lipinski definition) is 3. The highest BCUT2D eigenvalue weighted by Crippen LogP contribution is 2.23. The van der Waals surface area contributed by atoms with E-state index in [-0.39, 0.29) is 0 Å². The van der Waals surface area contributed by atoms with Gasteiger partial charge in [0.05, 0.1) is 12.0 Å². The summed E-state index contributed by atoms with van der Waals surface area (Å²) in [7, 11) is 0. The van der Waals surface area contributed by atoms with Crippen molar-refractivity contribution in [2.75, 3.05) is 5.75 Å². The van der Waals surface area contributed by atoms with Crippen LogP contribution in [0.1, 0.15) is 39.3 Å². The van der Waals surface area contributed by atoms with Crippen LogP contribution >= 0.6 is 11.8 Å². The van der Waals surface area contributed by atoms with Crippen LogP contribution in [0.5, 0.6) is 0 Å². The molecule has 0 atom stereocenters. The lowest BCUT2D eigenvalue weighted by molar-refractivity contribution is 0.675. The first-order valence-corrected chi connectivity index (χ1v) is 7.39. The fourth-order valence-corrected chi connectivity index (χ4v) is 2.53. The van der Waals surface area contributed by atoms with Gasteiger partial charge in [0.25, 0.3) is 0 Å². The molecule has 4 heteroatoms. The number of hydrogen-bond donors (Lipinski definition) is 1. The van der Waals surface area contributed by atoms with E-state index in [1.807, 2.05) is 18.1 Å². The molecule has 0 aliphatic heterocycles. The van der Waals surface area contributed by atoms with Crippen LogP contribution in [0.15, 0.2) is 12.5 Å². The Labute approximate surface area is 108 Å². The summed E-state index contributed by atoms with van der Waals surface area (Å²) in [6.45, 7) is 8.76. The van der Waals surface area contributed by atoms with Crippen LogP contribution in [-0.2, 0) is 13.1 Å². The van der Waals surface area contributed by atoms with Crippen molar-refractivity contribution in [1.29, 1.82) is 0 Å². The van der Waals surface area contributed by atoms with Gasteiger partial charge in [-0.3, -0.25) is 0 Å². The molecule has 0 aromatic carbocycles. The number of nitrogens with zero attached hydrogens (tertiary/aromatic N) is 2. The minimum Gasteiger partial charge on any atom is -0.336 e. The van der Waals surface area contributed by atoms with Gasteiger partial charge in [-0.1, -0.05) is 20.8 Å². The van der Waals surface area contributed by atoms with Gasteiger partial charge < -0.3 is 9.88 Å². The number of aryl methyl sites for hydroxylation is 1. The Morgan fingerprint density at radius 1 is 1.47 bits per heavy atom. The third kappa shape index (κ3) is 5.13. The first kappa shape index (κ1) is 13.0. The second-order valence-corrected chi connectivity index (χ2v) is 7.64. The smallest absolute Gasteiger partial charge is 0.0950 e. The quantitative estimate of drug-likeness (QED) is 0.845. The normalized spacial score (nSPS) is 16.4. The zero-order valence-corrected chi connectivity index (χ0v) is 11.9. The van der Waals surface area contributed by atoms with E-state index < -0.39 is 0 Å².